The lowest BCUT2D eigenvalue weighted by molar-refractivity contribution is 0.0972. The summed E-state index contributed by atoms with van der Waals surface area (Å²) in [7, 11) is 4.88. The normalized spacial score (nSPS) is 12.9. The van der Waals surface area contributed by atoms with E-state index in [1.165, 1.54) is 23.3 Å². The maximum Gasteiger partial charge on any atom is 0.239 e. The van der Waals surface area contributed by atoms with Gasteiger partial charge in [-0.2, -0.15) is 0 Å². The minimum absolute atomic E-state index is 0.0574. The van der Waals surface area contributed by atoms with E-state index in [9.17, 15) is 0 Å². The van der Waals surface area contributed by atoms with Crippen LogP contribution < -0.4 is 14.2 Å². The summed E-state index contributed by atoms with van der Waals surface area (Å²) in [5.74, 6) is 2.91. The molecule has 2 atom stereocenters. The molecule has 0 aliphatic heterocycles. The molecule has 0 saturated carbocycles. The van der Waals surface area contributed by atoms with Gasteiger partial charge in [0.25, 0.3) is 0 Å². The fourth-order valence-electron chi connectivity index (χ4n) is 3.47. The number of nitrogens with one attached hydrogen (secondary N) is 1. The zero-order valence-electron chi connectivity index (χ0n) is 20.3. The number of nitrogens with zero attached hydrogens (tertiary/aromatic N) is 6. The highest BCUT2D eigenvalue weighted by atomic mass is 32.2. The van der Waals surface area contributed by atoms with E-state index in [1.54, 1.807) is 33.7 Å². The summed E-state index contributed by atoms with van der Waals surface area (Å²) >= 11 is 2.93. The van der Waals surface area contributed by atoms with E-state index in [4.69, 9.17) is 14.2 Å². The van der Waals surface area contributed by atoms with E-state index in [-0.39, 0.29) is 11.4 Å². The molecule has 0 amide bonds. The maximum atomic E-state index is 5.71. The first-order valence-electron chi connectivity index (χ1n) is 10.8. The van der Waals surface area contributed by atoms with Gasteiger partial charge in [-0.15, -0.1) is 21.5 Å². The second-order valence-corrected chi connectivity index (χ2v) is 9.73. The van der Waals surface area contributed by atoms with E-state index in [1.807, 2.05) is 48.9 Å². The zero-order chi connectivity index (χ0) is 24.9. The third-order valence-corrected chi connectivity index (χ3v) is 7.05. The molecule has 184 valence electrons. The van der Waals surface area contributed by atoms with Crippen molar-refractivity contribution in [2.75, 3.05) is 26.1 Å². The van der Waals surface area contributed by atoms with E-state index in [0.29, 0.717) is 34.8 Å². The first-order valence-corrected chi connectivity index (χ1v) is 12.5. The van der Waals surface area contributed by atoms with Gasteiger partial charge >= 0.3 is 0 Å². The van der Waals surface area contributed by atoms with Gasteiger partial charge < -0.3 is 14.2 Å². The molecule has 0 fully saturated rings. The fraction of sp³-hybridized carbons (Fsp3) is 0.348. The monoisotopic (exact) mass is 513 g/mol. The Balaban J connectivity index is 1.71. The van der Waals surface area contributed by atoms with Crippen molar-refractivity contribution in [3.8, 4) is 28.0 Å². The minimum Gasteiger partial charge on any atom is -0.494 e. The fourth-order valence-corrected chi connectivity index (χ4v) is 5.02. The summed E-state index contributed by atoms with van der Waals surface area (Å²) in [5, 5.41) is 11.5. The molecule has 0 spiro atoms. The van der Waals surface area contributed by atoms with Gasteiger partial charge in [0.2, 0.25) is 5.95 Å². The number of benzene rings is 1. The van der Waals surface area contributed by atoms with Crippen LogP contribution >= 0.6 is 23.3 Å². The number of aromatic nitrogens is 6. The Morgan fingerprint density at radius 2 is 1.71 bits per heavy atom. The summed E-state index contributed by atoms with van der Waals surface area (Å²) < 4.78 is 22.3. The molecule has 4 aromatic rings. The van der Waals surface area contributed by atoms with Crippen LogP contribution in [0.2, 0.25) is 0 Å². The standard InChI is InChI=1S/C23H27N7O3S2/c1-13-10-24-20(25-11-13)19(33-6)15(3)35-29-23-28-27-21(22-26-14(2)12-34-22)30(23)18-16(31-4)8-7-9-17(18)32-5/h7-12,15,19H,1-6H3,(H,28,29). The van der Waals surface area contributed by atoms with Gasteiger partial charge in [0.05, 0.1) is 19.5 Å². The lowest BCUT2D eigenvalue weighted by Gasteiger charge is -2.22. The van der Waals surface area contributed by atoms with Crippen molar-refractivity contribution < 1.29 is 14.2 Å². The number of hydrogen-bond acceptors (Lipinski definition) is 11. The van der Waals surface area contributed by atoms with E-state index in [2.05, 4.69) is 29.9 Å². The summed E-state index contributed by atoms with van der Waals surface area (Å²) in [5.41, 5.74) is 2.57. The van der Waals surface area contributed by atoms with Crippen LogP contribution in [0.15, 0.2) is 36.0 Å². The highest BCUT2D eigenvalue weighted by Crippen LogP contribution is 2.39. The zero-order valence-corrected chi connectivity index (χ0v) is 22.0. The lowest BCUT2D eigenvalue weighted by Crippen LogP contribution is -2.19. The van der Waals surface area contributed by atoms with Crippen LogP contribution in [0.4, 0.5) is 5.95 Å². The molecule has 0 aliphatic carbocycles. The SMILES string of the molecule is COc1cccc(OC)c1-n1c(NSC(C)C(OC)c2ncc(C)cn2)nnc1-c1nc(C)cs1. The first-order chi connectivity index (χ1) is 17.0. The third-order valence-electron chi connectivity index (χ3n) is 5.17. The number of para-hydroxylation sites is 1. The Labute approximate surface area is 212 Å². The van der Waals surface area contributed by atoms with Crippen molar-refractivity contribution in [2.45, 2.75) is 32.1 Å². The summed E-state index contributed by atoms with van der Waals surface area (Å²) in [6.07, 6.45) is 3.24. The van der Waals surface area contributed by atoms with Crippen LogP contribution in [0.3, 0.4) is 0 Å². The molecule has 35 heavy (non-hydrogen) atoms. The van der Waals surface area contributed by atoms with Crippen molar-refractivity contribution in [3.63, 3.8) is 0 Å². The molecule has 2 unspecified atom stereocenters. The Hall–Kier alpha value is -3.22. The van der Waals surface area contributed by atoms with Gasteiger partial charge in [-0.3, -0.25) is 9.29 Å². The molecule has 10 nitrogen and oxygen atoms in total. The maximum absolute atomic E-state index is 5.71. The molecule has 3 heterocycles. The highest BCUT2D eigenvalue weighted by Gasteiger charge is 2.26. The number of hydrogen-bond donors (Lipinski definition) is 1. The summed E-state index contributed by atoms with van der Waals surface area (Å²) in [6.45, 7) is 5.93. The second kappa shape index (κ2) is 11.0. The average molecular weight is 514 g/mol. The lowest BCUT2D eigenvalue weighted by atomic mass is 10.2. The summed E-state index contributed by atoms with van der Waals surface area (Å²) in [4.78, 5) is 13.5. The Morgan fingerprint density at radius 3 is 2.29 bits per heavy atom. The highest BCUT2D eigenvalue weighted by molar-refractivity contribution is 8.01. The van der Waals surface area contributed by atoms with Crippen LogP contribution in [0.1, 0.15) is 30.1 Å². The summed E-state index contributed by atoms with van der Waals surface area (Å²) in [6, 6.07) is 5.60. The number of anilines is 1. The molecule has 0 saturated heterocycles. The molecule has 0 aliphatic rings. The van der Waals surface area contributed by atoms with Crippen molar-refractivity contribution in [1.82, 2.24) is 29.7 Å². The van der Waals surface area contributed by atoms with Gasteiger partial charge in [0, 0.05) is 30.6 Å². The van der Waals surface area contributed by atoms with Crippen molar-refractivity contribution in [2.24, 2.45) is 0 Å². The first kappa shape index (κ1) is 24.9. The average Bonchev–Trinajstić information content (AvgIpc) is 3.49. The van der Waals surface area contributed by atoms with Crippen LogP contribution in [0.25, 0.3) is 16.5 Å². The van der Waals surface area contributed by atoms with E-state index < -0.39 is 0 Å². The van der Waals surface area contributed by atoms with Gasteiger partial charge in [0.1, 0.15) is 23.3 Å². The molecule has 4 rings (SSSR count). The molecular formula is C23H27N7O3S2. The van der Waals surface area contributed by atoms with Crippen molar-refractivity contribution in [3.05, 3.63) is 53.1 Å². The number of ether oxygens (including phenoxy) is 3. The minimum atomic E-state index is -0.327. The molecule has 12 heteroatoms. The van der Waals surface area contributed by atoms with Gasteiger partial charge in [-0.25, -0.2) is 15.0 Å². The van der Waals surface area contributed by atoms with Gasteiger partial charge in [-0.05, 0) is 50.4 Å². The molecular weight excluding hydrogens is 486 g/mol. The van der Waals surface area contributed by atoms with Gasteiger partial charge in [-0.1, -0.05) is 6.07 Å². The van der Waals surface area contributed by atoms with Gasteiger partial charge in [0.15, 0.2) is 16.7 Å². The van der Waals surface area contributed by atoms with Crippen LogP contribution in [0.5, 0.6) is 11.5 Å². The van der Waals surface area contributed by atoms with Crippen LogP contribution in [-0.4, -0.2) is 56.3 Å². The molecule has 1 aromatic carbocycles. The second-order valence-electron chi connectivity index (χ2n) is 7.69. The predicted molar refractivity (Wildman–Crippen MR) is 138 cm³/mol. The van der Waals surface area contributed by atoms with Crippen molar-refractivity contribution in [1.29, 1.82) is 0 Å². The number of thiazole rings is 1. The Bertz CT molecular complexity index is 1250. The van der Waals surface area contributed by atoms with Crippen LogP contribution in [0, 0.1) is 13.8 Å². The largest absolute Gasteiger partial charge is 0.494 e. The molecule has 0 radical (unpaired) electrons. The predicted octanol–water partition coefficient (Wildman–Crippen LogP) is 4.65. The van der Waals surface area contributed by atoms with E-state index >= 15 is 0 Å². The number of rotatable bonds is 10. The van der Waals surface area contributed by atoms with Crippen molar-refractivity contribution >= 4 is 29.2 Å². The Morgan fingerprint density at radius 1 is 1.03 bits per heavy atom. The molecule has 0 bridgehead atoms. The quantitative estimate of drug-likeness (QED) is 0.301. The molecule has 1 N–H and O–H groups in total. The number of methoxy groups -OCH3 is 3. The van der Waals surface area contributed by atoms with E-state index in [0.717, 1.165) is 16.3 Å². The smallest absolute Gasteiger partial charge is 0.239 e. The Kier molecular flexibility index (Phi) is 7.83. The number of aryl methyl sites for hydroxylation is 2. The molecule has 3 aromatic heterocycles. The van der Waals surface area contributed by atoms with Crippen LogP contribution in [-0.2, 0) is 4.74 Å². The third kappa shape index (κ3) is 5.24. The topological polar surface area (TPSA) is 109 Å².